The Morgan fingerprint density at radius 2 is 2.16 bits per heavy atom. The van der Waals surface area contributed by atoms with Crippen molar-refractivity contribution >= 4 is 6.09 Å². The maximum atomic E-state index is 12.8. The monoisotopic (exact) mass is 441 g/mol. The highest BCUT2D eigenvalue weighted by Crippen LogP contribution is 2.65. The number of aliphatic hydroxyl groups is 1. The number of benzene rings is 1. The van der Waals surface area contributed by atoms with Gasteiger partial charge in [0.25, 0.3) is 0 Å². The molecule has 1 amide bonds. The van der Waals surface area contributed by atoms with Gasteiger partial charge in [0, 0.05) is 25.2 Å². The highest BCUT2D eigenvalue weighted by molar-refractivity contribution is 5.68. The smallest absolute Gasteiger partial charge is 0.410 e. The predicted molar refractivity (Wildman–Crippen MR) is 120 cm³/mol. The van der Waals surface area contributed by atoms with E-state index >= 15 is 0 Å². The molecule has 174 valence electrons. The second-order valence-corrected chi connectivity index (χ2v) is 10.8. The van der Waals surface area contributed by atoms with Crippen LogP contribution in [0.4, 0.5) is 4.79 Å². The Bertz CT molecular complexity index is 949. The number of nitrogens with zero attached hydrogens (tertiary/aromatic N) is 2. The van der Waals surface area contributed by atoms with Gasteiger partial charge in [-0.25, -0.2) is 4.79 Å². The third-order valence-corrected chi connectivity index (χ3v) is 8.89. The minimum atomic E-state index is -0.851. The average Bonchev–Trinajstić information content (AvgIpc) is 3.50. The van der Waals surface area contributed by atoms with Gasteiger partial charge in [0.2, 0.25) is 0 Å². The van der Waals surface area contributed by atoms with E-state index in [4.69, 9.17) is 9.47 Å². The molecule has 2 saturated carbocycles. The topological polar surface area (TPSA) is 74.3 Å². The Hall–Kier alpha value is -1.83. The van der Waals surface area contributed by atoms with Crippen LogP contribution in [0.1, 0.15) is 48.8 Å². The number of aryl methyl sites for hydroxylation is 1. The molecule has 0 aromatic heterocycles. The lowest BCUT2D eigenvalue weighted by Crippen LogP contribution is -2.77. The number of nitrogens with one attached hydrogen (secondary N) is 1. The van der Waals surface area contributed by atoms with Crippen LogP contribution in [-0.2, 0) is 16.6 Å². The van der Waals surface area contributed by atoms with Crippen LogP contribution >= 0.6 is 0 Å². The van der Waals surface area contributed by atoms with Gasteiger partial charge in [0.1, 0.15) is 18.0 Å². The maximum Gasteiger partial charge on any atom is 0.410 e. The highest BCUT2D eigenvalue weighted by atomic mass is 16.6. The summed E-state index contributed by atoms with van der Waals surface area (Å²) in [6.07, 6.45) is 4.57. The summed E-state index contributed by atoms with van der Waals surface area (Å²) in [5, 5.41) is 15.5. The summed E-state index contributed by atoms with van der Waals surface area (Å²) in [5.41, 5.74) is 2.26. The summed E-state index contributed by atoms with van der Waals surface area (Å²) in [6.45, 7) is 4.57. The molecular formula is C25H35N3O4. The molecule has 1 aromatic rings. The number of ether oxygens (including phenoxy) is 2. The van der Waals surface area contributed by atoms with Crippen molar-refractivity contribution in [1.82, 2.24) is 15.1 Å². The number of carbonyl (C=O) groups is 1. The van der Waals surface area contributed by atoms with Gasteiger partial charge in [0.05, 0.1) is 17.7 Å². The van der Waals surface area contributed by atoms with Crippen molar-refractivity contribution in [3.05, 3.63) is 28.8 Å². The van der Waals surface area contributed by atoms with Crippen LogP contribution in [0, 0.1) is 12.8 Å². The van der Waals surface area contributed by atoms with E-state index in [1.165, 1.54) is 24.0 Å². The zero-order valence-electron chi connectivity index (χ0n) is 19.4. The molecule has 1 unspecified atom stereocenters. The van der Waals surface area contributed by atoms with E-state index in [-0.39, 0.29) is 24.3 Å². The number of rotatable bonds is 5. The van der Waals surface area contributed by atoms with Crippen molar-refractivity contribution in [3.63, 3.8) is 0 Å². The number of hydrogen-bond acceptors (Lipinski definition) is 6. The molecule has 6 rings (SSSR count). The molecule has 7 nitrogen and oxygen atoms in total. The number of piperidine rings is 1. The minimum absolute atomic E-state index is 0.104. The Morgan fingerprint density at radius 1 is 1.34 bits per heavy atom. The second-order valence-electron chi connectivity index (χ2n) is 10.8. The third kappa shape index (κ3) is 2.68. The molecule has 2 heterocycles. The lowest BCUT2D eigenvalue weighted by Gasteiger charge is -2.64. The summed E-state index contributed by atoms with van der Waals surface area (Å²) in [7, 11) is 3.54. The Labute approximate surface area is 190 Å². The van der Waals surface area contributed by atoms with Crippen molar-refractivity contribution < 1.29 is 19.4 Å². The summed E-state index contributed by atoms with van der Waals surface area (Å²) in [4.78, 5) is 16.9. The van der Waals surface area contributed by atoms with Gasteiger partial charge in [-0.05, 0) is 76.1 Å². The van der Waals surface area contributed by atoms with Crippen LogP contribution in [0.2, 0.25) is 0 Å². The summed E-state index contributed by atoms with van der Waals surface area (Å²) in [6, 6.07) is 4.49. The molecule has 3 fully saturated rings. The molecule has 0 radical (unpaired) electrons. The Morgan fingerprint density at radius 3 is 2.91 bits per heavy atom. The molecule has 7 heteroatoms. The lowest BCUT2D eigenvalue weighted by atomic mass is 9.48. The molecule has 1 aromatic carbocycles. The Kier molecular flexibility index (Phi) is 4.59. The average molecular weight is 442 g/mol. The summed E-state index contributed by atoms with van der Waals surface area (Å²) < 4.78 is 12.7. The molecule has 2 aliphatic heterocycles. The Balaban J connectivity index is 1.41. The normalized spacial score (nSPS) is 36.9. The fourth-order valence-corrected chi connectivity index (χ4v) is 7.23. The first-order chi connectivity index (χ1) is 15.4. The fraction of sp³-hybridized carbons (Fsp3) is 0.720. The van der Waals surface area contributed by atoms with Crippen molar-refractivity contribution in [3.8, 4) is 5.75 Å². The third-order valence-electron chi connectivity index (χ3n) is 8.89. The minimum Gasteiger partial charge on any atom is -0.485 e. The fourth-order valence-electron chi connectivity index (χ4n) is 7.23. The van der Waals surface area contributed by atoms with Crippen LogP contribution in [0.15, 0.2) is 12.1 Å². The number of likely N-dealkylation sites (tertiary alicyclic amines) is 1. The molecule has 3 aliphatic carbocycles. The maximum absolute atomic E-state index is 12.8. The lowest BCUT2D eigenvalue weighted by molar-refractivity contribution is -0.208. The first-order valence-electron chi connectivity index (χ1n) is 12.2. The van der Waals surface area contributed by atoms with E-state index in [9.17, 15) is 9.90 Å². The van der Waals surface area contributed by atoms with E-state index in [1.54, 1.807) is 11.9 Å². The number of amides is 1. The molecule has 32 heavy (non-hydrogen) atoms. The van der Waals surface area contributed by atoms with Crippen LogP contribution in [-0.4, -0.2) is 78.7 Å². The molecule has 2 bridgehead atoms. The molecule has 5 aliphatic rings. The van der Waals surface area contributed by atoms with Gasteiger partial charge in [-0.2, -0.15) is 0 Å². The van der Waals surface area contributed by atoms with Gasteiger partial charge in [-0.1, -0.05) is 12.1 Å². The van der Waals surface area contributed by atoms with E-state index in [0.29, 0.717) is 19.5 Å². The van der Waals surface area contributed by atoms with E-state index in [0.717, 1.165) is 43.2 Å². The number of hydrogen-bond donors (Lipinski definition) is 2. The van der Waals surface area contributed by atoms with Crippen LogP contribution in [0.5, 0.6) is 5.75 Å². The first-order valence-corrected chi connectivity index (χ1v) is 12.2. The second kappa shape index (κ2) is 7.08. The van der Waals surface area contributed by atoms with Crippen LogP contribution in [0.3, 0.4) is 0 Å². The highest BCUT2D eigenvalue weighted by Gasteiger charge is 2.73. The quantitative estimate of drug-likeness (QED) is 0.683. The van der Waals surface area contributed by atoms with Crippen molar-refractivity contribution in [2.75, 3.05) is 33.9 Å². The summed E-state index contributed by atoms with van der Waals surface area (Å²) in [5.74, 6) is 1.71. The molecule has 5 atom stereocenters. The van der Waals surface area contributed by atoms with E-state index < -0.39 is 11.0 Å². The molecule has 1 spiro atoms. The first kappa shape index (κ1) is 20.8. The van der Waals surface area contributed by atoms with Crippen molar-refractivity contribution in [2.45, 2.75) is 74.7 Å². The van der Waals surface area contributed by atoms with Crippen LogP contribution < -0.4 is 10.1 Å². The predicted octanol–water partition coefficient (Wildman–Crippen LogP) is 2.17. The van der Waals surface area contributed by atoms with Gasteiger partial charge < -0.3 is 19.9 Å². The zero-order chi connectivity index (χ0) is 22.3. The van der Waals surface area contributed by atoms with Gasteiger partial charge in [0.15, 0.2) is 0 Å². The van der Waals surface area contributed by atoms with E-state index in [1.807, 2.05) is 7.05 Å². The molecular weight excluding hydrogens is 406 g/mol. The molecule has 1 saturated heterocycles. The number of carbonyl (C=O) groups excluding carboxylic acids is 1. The van der Waals surface area contributed by atoms with Gasteiger partial charge in [-0.15, -0.1) is 0 Å². The largest absolute Gasteiger partial charge is 0.485 e. The SMILES string of the molecule is CNCN(C)C(=O)OC1CC[C@@]2(O)[C@H]3Cc4ccc(C)c5c4[C@@]2(CCN3CC2CC2)[C@H]1O5. The van der Waals surface area contributed by atoms with Crippen LogP contribution in [0.25, 0.3) is 0 Å². The standard InChI is InChI=1S/C25H35N3O4/c1-15-4-7-17-12-19-25(30)9-8-18(31-23(29)27(3)14-26-2)22-24(25,20(17)21(15)32-22)10-11-28(19)13-16-5-6-16/h4,7,16,18-19,22,26,30H,5-6,8-14H2,1-3H3/t18?,19-,22+,24+,25-/m1/s1. The zero-order valence-corrected chi connectivity index (χ0v) is 19.4. The van der Waals surface area contributed by atoms with E-state index in [2.05, 4.69) is 29.3 Å². The summed E-state index contributed by atoms with van der Waals surface area (Å²) >= 11 is 0. The van der Waals surface area contributed by atoms with Crippen molar-refractivity contribution in [1.29, 1.82) is 0 Å². The molecule has 2 N–H and O–H groups in total. The van der Waals surface area contributed by atoms with Gasteiger partial charge >= 0.3 is 6.09 Å². The van der Waals surface area contributed by atoms with Gasteiger partial charge in [-0.3, -0.25) is 9.80 Å². The van der Waals surface area contributed by atoms with Crippen molar-refractivity contribution in [2.24, 2.45) is 5.92 Å².